The lowest BCUT2D eigenvalue weighted by Gasteiger charge is -2.22. The largest absolute Gasteiger partial charge is 0.394 e. The number of rotatable bonds is 41. The van der Waals surface area contributed by atoms with Crippen molar-refractivity contribution >= 4 is 5.91 Å². The first-order valence-electron chi connectivity index (χ1n) is 22.7. The van der Waals surface area contributed by atoms with E-state index in [2.05, 4.69) is 55.6 Å². The van der Waals surface area contributed by atoms with Crippen LogP contribution in [0.1, 0.15) is 239 Å². The molecule has 51 heavy (non-hydrogen) atoms. The first-order valence-corrected chi connectivity index (χ1v) is 22.7. The molecule has 0 saturated heterocycles. The Hall–Kier alpha value is -1.39. The van der Waals surface area contributed by atoms with Gasteiger partial charge in [0.15, 0.2) is 0 Å². The first kappa shape index (κ1) is 49.6. The summed E-state index contributed by atoms with van der Waals surface area (Å²) in [6.07, 6.45) is 57.2. The molecule has 2 atom stereocenters. The molecule has 0 heterocycles. The minimum absolute atomic E-state index is 0.0386. The molecule has 1 amide bonds. The van der Waals surface area contributed by atoms with Crippen molar-refractivity contribution in [3.8, 4) is 0 Å². The van der Waals surface area contributed by atoms with Crippen LogP contribution in [0.2, 0.25) is 0 Å². The minimum Gasteiger partial charge on any atom is -0.394 e. The molecule has 0 radical (unpaired) electrons. The zero-order valence-electron chi connectivity index (χ0n) is 34.4. The average molecular weight is 716 g/mol. The fourth-order valence-corrected chi connectivity index (χ4v) is 6.90. The summed E-state index contributed by atoms with van der Waals surface area (Å²) < 4.78 is 0. The van der Waals surface area contributed by atoms with Crippen molar-refractivity contribution in [1.29, 1.82) is 0 Å². The second-order valence-corrected chi connectivity index (χ2v) is 15.5. The minimum atomic E-state index is -0.653. The Balaban J connectivity index is 3.33. The molecule has 0 bridgehead atoms. The summed E-state index contributed by atoms with van der Waals surface area (Å²) in [6.45, 7) is 4.24. The summed E-state index contributed by atoms with van der Waals surface area (Å²) in [4.78, 5) is 12.2. The molecule has 0 saturated carbocycles. The van der Waals surface area contributed by atoms with Crippen molar-refractivity contribution in [2.75, 3.05) is 6.61 Å². The molecular weight excluding hydrogens is 627 g/mol. The van der Waals surface area contributed by atoms with Crippen LogP contribution in [0.15, 0.2) is 36.5 Å². The predicted molar refractivity (Wildman–Crippen MR) is 225 cm³/mol. The number of allylic oxidation sites excluding steroid dienone is 6. The van der Waals surface area contributed by atoms with E-state index in [1.54, 1.807) is 0 Å². The van der Waals surface area contributed by atoms with E-state index in [9.17, 15) is 15.0 Å². The van der Waals surface area contributed by atoms with E-state index >= 15 is 0 Å². The number of aliphatic hydroxyl groups is 2. The van der Waals surface area contributed by atoms with Crippen molar-refractivity contribution in [2.24, 2.45) is 0 Å². The molecule has 4 heteroatoms. The summed E-state index contributed by atoms with van der Waals surface area (Å²) in [6, 6.07) is -0.529. The smallest absolute Gasteiger partial charge is 0.220 e. The van der Waals surface area contributed by atoms with Gasteiger partial charge in [0.1, 0.15) is 0 Å². The lowest BCUT2D eigenvalue weighted by atomic mass is 10.0. The van der Waals surface area contributed by atoms with Gasteiger partial charge in [-0.2, -0.15) is 0 Å². The topological polar surface area (TPSA) is 69.6 Å². The summed E-state index contributed by atoms with van der Waals surface area (Å²) in [5.41, 5.74) is 0. The quantitative estimate of drug-likeness (QED) is 0.0436. The van der Waals surface area contributed by atoms with E-state index in [1.807, 2.05) is 0 Å². The van der Waals surface area contributed by atoms with Gasteiger partial charge in [0.05, 0.1) is 18.8 Å². The molecule has 3 N–H and O–H groups in total. The summed E-state index contributed by atoms with van der Waals surface area (Å²) in [5, 5.41) is 22.7. The van der Waals surface area contributed by atoms with E-state index in [-0.39, 0.29) is 12.5 Å². The number of nitrogens with one attached hydrogen (secondary N) is 1. The van der Waals surface area contributed by atoms with Gasteiger partial charge in [-0.3, -0.25) is 4.79 Å². The third-order valence-electron chi connectivity index (χ3n) is 10.4. The van der Waals surface area contributed by atoms with Crippen molar-refractivity contribution < 1.29 is 15.0 Å². The fourth-order valence-electron chi connectivity index (χ4n) is 6.90. The van der Waals surface area contributed by atoms with Crippen LogP contribution in [0.3, 0.4) is 0 Å². The number of hydrogen-bond donors (Lipinski definition) is 3. The summed E-state index contributed by atoms with van der Waals surface area (Å²) >= 11 is 0. The van der Waals surface area contributed by atoms with Crippen molar-refractivity contribution in [2.45, 2.75) is 251 Å². The van der Waals surface area contributed by atoms with Gasteiger partial charge in [0, 0.05) is 6.42 Å². The fraction of sp³-hybridized carbons (Fsp3) is 0.851. The van der Waals surface area contributed by atoms with Gasteiger partial charge in [-0.15, -0.1) is 0 Å². The highest BCUT2D eigenvalue weighted by molar-refractivity contribution is 5.76. The molecule has 0 aliphatic heterocycles. The third-order valence-corrected chi connectivity index (χ3v) is 10.4. The van der Waals surface area contributed by atoms with E-state index in [0.717, 1.165) is 44.9 Å². The van der Waals surface area contributed by atoms with E-state index in [1.165, 1.54) is 167 Å². The van der Waals surface area contributed by atoms with Crippen LogP contribution in [0.5, 0.6) is 0 Å². The predicted octanol–water partition coefficient (Wildman–Crippen LogP) is 14.2. The van der Waals surface area contributed by atoms with Crippen molar-refractivity contribution in [1.82, 2.24) is 5.32 Å². The van der Waals surface area contributed by atoms with Gasteiger partial charge in [-0.25, -0.2) is 0 Å². The Morgan fingerprint density at radius 1 is 0.471 bits per heavy atom. The molecule has 0 aliphatic rings. The van der Waals surface area contributed by atoms with Crippen LogP contribution in [-0.2, 0) is 4.79 Å². The van der Waals surface area contributed by atoms with Crippen LogP contribution in [0.25, 0.3) is 0 Å². The van der Waals surface area contributed by atoms with Crippen LogP contribution in [0.4, 0.5) is 0 Å². The molecule has 0 spiro atoms. The molecular formula is C47H89NO3. The van der Waals surface area contributed by atoms with Crippen molar-refractivity contribution in [3.05, 3.63) is 36.5 Å². The van der Waals surface area contributed by atoms with Gasteiger partial charge in [0.2, 0.25) is 5.91 Å². The molecule has 0 fully saturated rings. The van der Waals surface area contributed by atoms with Gasteiger partial charge < -0.3 is 15.5 Å². The van der Waals surface area contributed by atoms with Crippen LogP contribution >= 0.6 is 0 Å². The van der Waals surface area contributed by atoms with Gasteiger partial charge in [0.25, 0.3) is 0 Å². The van der Waals surface area contributed by atoms with E-state index in [0.29, 0.717) is 12.8 Å². The normalized spacial score (nSPS) is 13.3. The lowest BCUT2D eigenvalue weighted by molar-refractivity contribution is -0.123. The number of amides is 1. The van der Waals surface area contributed by atoms with Crippen LogP contribution in [0, 0.1) is 0 Å². The van der Waals surface area contributed by atoms with Crippen LogP contribution < -0.4 is 5.32 Å². The molecule has 0 aliphatic carbocycles. The Labute approximate surface area is 319 Å². The highest BCUT2D eigenvalue weighted by Crippen LogP contribution is 2.16. The van der Waals surface area contributed by atoms with Crippen molar-refractivity contribution in [3.63, 3.8) is 0 Å². The highest BCUT2D eigenvalue weighted by Gasteiger charge is 2.19. The monoisotopic (exact) mass is 716 g/mol. The molecule has 0 aromatic rings. The molecule has 2 unspecified atom stereocenters. The van der Waals surface area contributed by atoms with E-state index in [4.69, 9.17) is 0 Å². The zero-order chi connectivity index (χ0) is 37.1. The number of carbonyl (C=O) groups is 1. The molecule has 0 rings (SSSR count). The number of aliphatic hydroxyl groups excluding tert-OH is 2. The highest BCUT2D eigenvalue weighted by atomic mass is 16.3. The van der Waals surface area contributed by atoms with Gasteiger partial charge in [-0.05, 0) is 51.4 Å². The summed E-state index contributed by atoms with van der Waals surface area (Å²) in [7, 11) is 0. The average Bonchev–Trinajstić information content (AvgIpc) is 3.13. The molecule has 0 aromatic heterocycles. The summed E-state index contributed by atoms with van der Waals surface area (Å²) in [5.74, 6) is -0.0386. The van der Waals surface area contributed by atoms with Crippen LogP contribution in [-0.4, -0.2) is 34.9 Å². The molecule has 4 nitrogen and oxygen atoms in total. The van der Waals surface area contributed by atoms with E-state index < -0.39 is 12.1 Å². The Morgan fingerprint density at radius 3 is 1.20 bits per heavy atom. The number of carbonyl (C=O) groups excluding carboxylic acids is 1. The second kappa shape index (κ2) is 43.0. The SMILES string of the molecule is CCCCCCC/C=C\C/C=C\C/C=C\CCCCCCCCCCCCCCCCCCCCCCC(=O)NC(CO)C(O)CCCCCC. The molecule has 0 aromatic carbocycles. The maximum absolute atomic E-state index is 12.2. The maximum Gasteiger partial charge on any atom is 0.220 e. The Morgan fingerprint density at radius 2 is 0.804 bits per heavy atom. The molecule has 300 valence electrons. The second-order valence-electron chi connectivity index (χ2n) is 15.5. The maximum atomic E-state index is 12.2. The number of hydrogen-bond acceptors (Lipinski definition) is 3. The number of unbranched alkanes of at least 4 members (excludes halogenated alkanes) is 28. The zero-order valence-corrected chi connectivity index (χ0v) is 34.4. The Bertz CT molecular complexity index is 775. The Kier molecular flexibility index (Phi) is 41.8. The van der Waals surface area contributed by atoms with Gasteiger partial charge in [-0.1, -0.05) is 217 Å². The lowest BCUT2D eigenvalue weighted by Crippen LogP contribution is -2.45. The first-order chi connectivity index (χ1) is 25.2. The van der Waals surface area contributed by atoms with Gasteiger partial charge >= 0.3 is 0 Å². The standard InChI is InChI=1S/C47H89NO3/c1-3-5-7-9-10-11-12-13-14-15-16-17-18-19-20-21-22-23-24-25-26-27-28-29-30-31-32-33-34-35-36-37-38-39-41-43-47(51)48-45(44-49)46(50)42-40-8-6-4-2/h12-13,15-16,18-19,45-46,49-50H,3-11,14,17,20-44H2,1-2H3,(H,48,51)/b13-12-,16-15-,19-18-. The third kappa shape index (κ3) is 39.6.